The molecule has 24 heavy (non-hydrogen) atoms. The first kappa shape index (κ1) is 20.9. The highest BCUT2D eigenvalue weighted by Crippen LogP contribution is 2.35. The van der Waals surface area contributed by atoms with Crippen molar-refractivity contribution in [3.63, 3.8) is 0 Å². The Kier molecular flexibility index (Phi) is 10.6. The molecule has 0 aliphatic rings. The van der Waals surface area contributed by atoms with Crippen molar-refractivity contribution in [2.75, 3.05) is 4.90 Å². The van der Waals surface area contributed by atoms with E-state index in [2.05, 4.69) is 44.7 Å². The van der Waals surface area contributed by atoms with Gasteiger partial charge in [-0.1, -0.05) is 78.4 Å². The Morgan fingerprint density at radius 3 is 1.67 bits per heavy atom. The van der Waals surface area contributed by atoms with Gasteiger partial charge in [0.2, 0.25) is 0 Å². The van der Waals surface area contributed by atoms with Gasteiger partial charge in [0.1, 0.15) is 5.75 Å². The lowest BCUT2D eigenvalue weighted by Gasteiger charge is -2.41. The van der Waals surface area contributed by atoms with Gasteiger partial charge in [0, 0.05) is 12.1 Å². The smallest absolute Gasteiger partial charge is 0.138 e. The molecule has 0 heterocycles. The average molecular weight is 334 g/mol. The summed E-state index contributed by atoms with van der Waals surface area (Å²) in [4.78, 5) is 2.59. The number of hydrogen-bond donors (Lipinski definition) is 1. The largest absolute Gasteiger partial charge is 0.506 e. The second kappa shape index (κ2) is 12.2. The van der Waals surface area contributed by atoms with E-state index in [1.54, 1.807) is 0 Å². The summed E-state index contributed by atoms with van der Waals surface area (Å²) in [7, 11) is 0. The first-order valence-electron chi connectivity index (χ1n) is 10.3. The number of unbranched alkanes of at least 4 members (excludes halogenated alkanes) is 2. The van der Waals surface area contributed by atoms with Gasteiger partial charge < -0.3 is 10.0 Å². The van der Waals surface area contributed by atoms with Crippen molar-refractivity contribution in [1.29, 1.82) is 0 Å². The van der Waals surface area contributed by atoms with Crippen molar-refractivity contribution in [3.8, 4) is 5.75 Å². The molecule has 1 aromatic carbocycles. The van der Waals surface area contributed by atoms with E-state index < -0.39 is 0 Å². The monoisotopic (exact) mass is 333 g/mol. The molecular formula is C22H39NO. The van der Waals surface area contributed by atoms with Gasteiger partial charge in [-0.25, -0.2) is 0 Å². The van der Waals surface area contributed by atoms with E-state index in [1.807, 2.05) is 12.1 Å². The summed E-state index contributed by atoms with van der Waals surface area (Å²) in [5.41, 5.74) is 1.04. The fourth-order valence-corrected chi connectivity index (χ4v) is 3.76. The molecule has 0 amide bonds. The number of aromatic hydroxyl groups is 1. The van der Waals surface area contributed by atoms with Gasteiger partial charge in [-0.15, -0.1) is 0 Å². The molecule has 2 atom stereocenters. The molecule has 0 aromatic heterocycles. The van der Waals surface area contributed by atoms with Gasteiger partial charge in [-0.3, -0.25) is 0 Å². The molecule has 1 aromatic rings. The normalized spacial score (nSPS) is 13.7. The number of phenolic OH excluding ortho intramolecular Hbond substituents is 1. The van der Waals surface area contributed by atoms with Crippen molar-refractivity contribution in [2.24, 2.45) is 0 Å². The highest BCUT2D eigenvalue weighted by atomic mass is 16.3. The van der Waals surface area contributed by atoms with Crippen LogP contribution in [-0.2, 0) is 0 Å². The minimum absolute atomic E-state index is 0.438. The van der Waals surface area contributed by atoms with E-state index in [9.17, 15) is 5.11 Å². The van der Waals surface area contributed by atoms with Crippen LogP contribution < -0.4 is 4.90 Å². The first-order chi connectivity index (χ1) is 11.7. The summed E-state index contributed by atoms with van der Waals surface area (Å²) in [5.74, 6) is 0.438. The Hall–Kier alpha value is -1.18. The summed E-state index contributed by atoms with van der Waals surface area (Å²) in [5, 5.41) is 10.5. The molecule has 0 bridgehead atoms. The summed E-state index contributed by atoms with van der Waals surface area (Å²) in [6.07, 6.45) is 12.3. The predicted octanol–water partition coefficient (Wildman–Crippen LogP) is 6.92. The number of nitrogens with zero attached hydrogens (tertiary/aromatic N) is 1. The van der Waals surface area contributed by atoms with Gasteiger partial charge in [-0.05, 0) is 37.8 Å². The molecule has 0 aliphatic heterocycles. The quantitative estimate of drug-likeness (QED) is 0.423. The SMILES string of the molecule is CCCCC(CCC)N(c1ccccc1O)C(CCC)CCCC. The van der Waals surface area contributed by atoms with Crippen LogP contribution in [-0.4, -0.2) is 17.2 Å². The molecule has 2 unspecified atom stereocenters. The Bertz CT molecular complexity index is 414. The van der Waals surface area contributed by atoms with Gasteiger partial charge in [0.25, 0.3) is 0 Å². The Labute approximate surface area is 150 Å². The minimum Gasteiger partial charge on any atom is -0.506 e. The maximum Gasteiger partial charge on any atom is 0.138 e. The molecule has 0 aliphatic carbocycles. The second-order valence-electron chi connectivity index (χ2n) is 7.07. The zero-order valence-electron chi connectivity index (χ0n) is 16.4. The standard InChI is InChI=1S/C22H39NO/c1-5-9-15-19(13-7-3)23(20(14-8-4)16-10-6-2)21-17-11-12-18-22(21)24/h11-12,17-20,24H,5-10,13-16H2,1-4H3. The number of benzene rings is 1. The van der Waals surface area contributed by atoms with Gasteiger partial charge in [-0.2, -0.15) is 0 Å². The number of rotatable bonds is 13. The summed E-state index contributed by atoms with van der Waals surface area (Å²) >= 11 is 0. The number of para-hydroxylation sites is 2. The second-order valence-corrected chi connectivity index (χ2v) is 7.07. The summed E-state index contributed by atoms with van der Waals surface area (Å²) < 4.78 is 0. The van der Waals surface area contributed by atoms with Crippen molar-refractivity contribution in [3.05, 3.63) is 24.3 Å². The molecule has 0 saturated heterocycles. The zero-order valence-corrected chi connectivity index (χ0v) is 16.4. The Morgan fingerprint density at radius 2 is 1.25 bits per heavy atom. The van der Waals surface area contributed by atoms with Crippen LogP contribution in [0.1, 0.15) is 91.9 Å². The van der Waals surface area contributed by atoms with Crippen molar-refractivity contribution >= 4 is 5.69 Å². The number of anilines is 1. The van der Waals surface area contributed by atoms with E-state index in [4.69, 9.17) is 0 Å². The molecule has 2 heteroatoms. The third-order valence-corrected chi connectivity index (χ3v) is 4.97. The highest BCUT2D eigenvalue weighted by molar-refractivity contribution is 5.59. The summed E-state index contributed by atoms with van der Waals surface area (Å²) in [6, 6.07) is 9.02. The van der Waals surface area contributed by atoms with Crippen LogP contribution in [0.2, 0.25) is 0 Å². The van der Waals surface area contributed by atoms with Crippen molar-refractivity contribution in [1.82, 2.24) is 0 Å². The number of phenols is 1. The molecule has 2 nitrogen and oxygen atoms in total. The van der Waals surface area contributed by atoms with Crippen LogP contribution in [0.3, 0.4) is 0 Å². The molecule has 1 rings (SSSR count). The fourth-order valence-electron chi connectivity index (χ4n) is 3.76. The van der Waals surface area contributed by atoms with Crippen LogP contribution in [0.4, 0.5) is 5.69 Å². The molecule has 138 valence electrons. The van der Waals surface area contributed by atoms with Crippen LogP contribution in [0, 0.1) is 0 Å². The lowest BCUT2D eigenvalue weighted by Crippen LogP contribution is -2.43. The first-order valence-corrected chi connectivity index (χ1v) is 10.3. The van der Waals surface area contributed by atoms with Gasteiger partial charge in [0.05, 0.1) is 5.69 Å². The van der Waals surface area contributed by atoms with Gasteiger partial charge in [0.15, 0.2) is 0 Å². The van der Waals surface area contributed by atoms with E-state index >= 15 is 0 Å². The summed E-state index contributed by atoms with van der Waals surface area (Å²) in [6.45, 7) is 9.10. The minimum atomic E-state index is 0.438. The van der Waals surface area contributed by atoms with Crippen LogP contribution >= 0.6 is 0 Å². The van der Waals surface area contributed by atoms with Crippen LogP contribution in [0.5, 0.6) is 5.75 Å². The van der Waals surface area contributed by atoms with E-state index in [1.165, 1.54) is 64.2 Å². The molecule has 0 fully saturated rings. The zero-order chi connectivity index (χ0) is 17.8. The van der Waals surface area contributed by atoms with Crippen molar-refractivity contribution in [2.45, 2.75) is 104 Å². The fraction of sp³-hybridized carbons (Fsp3) is 0.727. The Morgan fingerprint density at radius 1 is 0.750 bits per heavy atom. The number of hydrogen-bond acceptors (Lipinski definition) is 2. The predicted molar refractivity (Wildman–Crippen MR) is 107 cm³/mol. The lowest BCUT2D eigenvalue weighted by atomic mass is 9.95. The maximum absolute atomic E-state index is 10.5. The third-order valence-electron chi connectivity index (χ3n) is 4.97. The third kappa shape index (κ3) is 6.37. The Balaban J connectivity index is 3.17. The van der Waals surface area contributed by atoms with Gasteiger partial charge >= 0.3 is 0 Å². The molecule has 0 saturated carbocycles. The van der Waals surface area contributed by atoms with E-state index in [0.717, 1.165) is 5.69 Å². The topological polar surface area (TPSA) is 23.5 Å². The van der Waals surface area contributed by atoms with Crippen molar-refractivity contribution < 1.29 is 5.11 Å². The average Bonchev–Trinajstić information content (AvgIpc) is 2.59. The molecule has 0 radical (unpaired) electrons. The molecule has 1 N–H and O–H groups in total. The highest BCUT2D eigenvalue weighted by Gasteiger charge is 2.27. The lowest BCUT2D eigenvalue weighted by molar-refractivity contribution is 0.395. The molecular weight excluding hydrogens is 294 g/mol. The van der Waals surface area contributed by atoms with Crippen LogP contribution in [0.15, 0.2) is 24.3 Å². The van der Waals surface area contributed by atoms with E-state index in [-0.39, 0.29) is 0 Å². The molecule has 0 spiro atoms. The maximum atomic E-state index is 10.5. The van der Waals surface area contributed by atoms with Crippen LogP contribution in [0.25, 0.3) is 0 Å². The van der Waals surface area contributed by atoms with E-state index in [0.29, 0.717) is 17.8 Å².